The Morgan fingerprint density at radius 1 is 1.06 bits per heavy atom. The van der Waals surface area contributed by atoms with Crippen molar-refractivity contribution in [3.05, 3.63) is 78.7 Å². The van der Waals surface area contributed by atoms with Gasteiger partial charge in [-0.2, -0.15) is 0 Å². The number of nitrogens with zero attached hydrogens (tertiary/aromatic N) is 1. The van der Waals surface area contributed by atoms with Crippen molar-refractivity contribution in [2.75, 3.05) is 11.5 Å². The lowest BCUT2D eigenvalue weighted by Gasteiger charge is -2.29. The van der Waals surface area contributed by atoms with Crippen molar-refractivity contribution in [2.24, 2.45) is 5.92 Å². The zero-order chi connectivity index (χ0) is 23.3. The fraction of sp³-hybridized carbons (Fsp3) is 0.217. The van der Waals surface area contributed by atoms with Crippen LogP contribution in [0.1, 0.15) is 33.6 Å². The monoisotopic (exact) mass is 544 g/mol. The second-order valence-electron chi connectivity index (χ2n) is 7.58. The lowest BCUT2D eigenvalue weighted by atomic mass is 9.83. The van der Waals surface area contributed by atoms with Crippen LogP contribution in [0.25, 0.3) is 0 Å². The number of halogens is 1. The molecule has 1 aromatic heterocycles. The van der Waals surface area contributed by atoms with Gasteiger partial charge in [0, 0.05) is 15.3 Å². The van der Waals surface area contributed by atoms with Crippen LogP contribution >= 0.6 is 39.0 Å². The Hall–Kier alpha value is -2.69. The maximum atomic E-state index is 13.6. The van der Waals surface area contributed by atoms with Gasteiger partial charge in [0.2, 0.25) is 11.8 Å². The Morgan fingerprint density at radius 2 is 1.76 bits per heavy atom. The first kappa shape index (κ1) is 22.1. The van der Waals surface area contributed by atoms with Gasteiger partial charge in [-0.1, -0.05) is 51.2 Å². The minimum absolute atomic E-state index is 0.208. The molecule has 168 valence electrons. The van der Waals surface area contributed by atoms with E-state index in [2.05, 4.69) is 20.9 Å². The Labute approximate surface area is 205 Å². The molecule has 3 heterocycles. The molecule has 0 aliphatic carbocycles. The number of thiazole rings is 1. The second-order valence-corrected chi connectivity index (χ2v) is 10.7. The van der Waals surface area contributed by atoms with Crippen LogP contribution in [0.5, 0.6) is 0 Å². The van der Waals surface area contributed by atoms with Gasteiger partial charge in [0.25, 0.3) is 0 Å². The first-order valence-corrected chi connectivity index (χ1v) is 12.7. The summed E-state index contributed by atoms with van der Waals surface area (Å²) in [5.41, 5.74) is 1.61. The molecule has 3 unspecified atom stereocenters. The third-order valence-electron chi connectivity index (χ3n) is 5.69. The lowest BCUT2D eigenvalue weighted by Crippen LogP contribution is -2.32. The zero-order valence-electron chi connectivity index (χ0n) is 17.2. The van der Waals surface area contributed by atoms with E-state index in [0.29, 0.717) is 16.3 Å². The number of nitrogens with one attached hydrogen (secondary N) is 1. The number of aromatic nitrogens is 1. The van der Waals surface area contributed by atoms with E-state index in [1.165, 1.54) is 16.7 Å². The molecule has 2 aliphatic rings. The fourth-order valence-corrected chi connectivity index (χ4v) is 7.04. The van der Waals surface area contributed by atoms with Gasteiger partial charge in [0.05, 0.1) is 28.8 Å². The van der Waals surface area contributed by atoms with Crippen molar-refractivity contribution in [3.63, 3.8) is 0 Å². The Bertz CT molecular complexity index is 1320. The highest BCUT2D eigenvalue weighted by Crippen LogP contribution is 2.53. The summed E-state index contributed by atoms with van der Waals surface area (Å²) in [7, 11) is 0. The predicted molar refractivity (Wildman–Crippen MR) is 129 cm³/mol. The van der Waals surface area contributed by atoms with E-state index in [1.54, 1.807) is 31.2 Å². The van der Waals surface area contributed by atoms with E-state index in [0.717, 1.165) is 26.3 Å². The van der Waals surface area contributed by atoms with Gasteiger partial charge in [0.15, 0.2) is 0 Å². The Balaban J connectivity index is 1.54. The molecular formula is C23H17BrN2O5S2. The summed E-state index contributed by atoms with van der Waals surface area (Å²) >= 11 is 5.74. The number of benzene rings is 2. The summed E-state index contributed by atoms with van der Waals surface area (Å²) in [6.45, 7) is 1.98. The van der Waals surface area contributed by atoms with Gasteiger partial charge in [-0.3, -0.25) is 14.4 Å². The van der Waals surface area contributed by atoms with E-state index >= 15 is 0 Å². The first-order valence-electron chi connectivity index (χ1n) is 10.2. The average Bonchev–Trinajstić information content (AvgIpc) is 3.29. The third-order valence-corrected chi connectivity index (χ3v) is 8.62. The number of rotatable bonds is 4. The summed E-state index contributed by atoms with van der Waals surface area (Å²) in [6, 6.07) is 13.8. The molecule has 0 bridgehead atoms. The number of thioether (sulfide) groups is 1. The quantitative estimate of drug-likeness (QED) is 0.391. The molecular weight excluding hydrogens is 528 g/mol. The van der Waals surface area contributed by atoms with Crippen molar-refractivity contribution in [2.45, 2.75) is 23.1 Å². The number of imide groups is 1. The van der Waals surface area contributed by atoms with Crippen molar-refractivity contribution < 1.29 is 19.1 Å². The minimum Gasteiger partial charge on any atom is -0.462 e. The van der Waals surface area contributed by atoms with Gasteiger partial charge >= 0.3 is 10.8 Å². The predicted octanol–water partition coefficient (Wildman–Crippen LogP) is 4.17. The van der Waals surface area contributed by atoms with E-state index in [4.69, 9.17) is 4.74 Å². The largest absolute Gasteiger partial charge is 0.462 e. The standard InChI is InChI=1S/C23H17BrN2O5S2/c1-2-31-22(29)12-5-9-14(10-6-12)26-20(27)16-15(11-3-7-13(24)8-4-11)17-19(25-23(30)33-17)32-18(16)21(26)28/h3-10,15-16,18H,2H2,1H3,(H,25,30). The fourth-order valence-electron chi connectivity index (χ4n) is 4.26. The summed E-state index contributed by atoms with van der Waals surface area (Å²) in [5.74, 6) is -2.17. The van der Waals surface area contributed by atoms with Gasteiger partial charge < -0.3 is 9.72 Å². The second kappa shape index (κ2) is 8.58. The van der Waals surface area contributed by atoms with Gasteiger partial charge in [-0.25, -0.2) is 9.69 Å². The summed E-state index contributed by atoms with van der Waals surface area (Å²) in [6.07, 6.45) is 0. The number of fused-ring (bicyclic) bond motifs is 2. The Kier molecular flexibility index (Phi) is 5.75. The number of ether oxygens (including phenoxy) is 1. The minimum atomic E-state index is -0.659. The van der Waals surface area contributed by atoms with Crippen LogP contribution in [0, 0.1) is 5.92 Å². The molecule has 7 nitrogen and oxygen atoms in total. The molecule has 0 spiro atoms. The molecule has 2 aliphatic heterocycles. The number of hydrogen-bond acceptors (Lipinski definition) is 7. The molecule has 2 aromatic carbocycles. The zero-order valence-corrected chi connectivity index (χ0v) is 20.5. The number of aromatic amines is 1. The molecule has 10 heteroatoms. The van der Waals surface area contributed by atoms with Crippen LogP contribution in [-0.4, -0.2) is 34.6 Å². The van der Waals surface area contributed by atoms with Gasteiger partial charge in [-0.15, -0.1) is 0 Å². The average molecular weight is 545 g/mol. The van der Waals surface area contributed by atoms with Crippen molar-refractivity contribution in [1.29, 1.82) is 0 Å². The number of carbonyl (C=O) groups is 3. The van der Waals surface area contributed by atoms with Gasteiger partial charge in [-0.05, 0) is 48.9 Å². The van der Waals surface area contributed by atoms with Crippen LogP contribution in [0.15, 0.2) is 62.8 Å². The number of amides is 2. The van der Waals surface area contributed by atoms with Crippen LogP contribution in [0.4, 0.5) is 5.69 Å². The number of esters is 1. The smallest absolute Gasteiger partial charge is 0.338 e. The van der Waals surface area contributed by atoms with E-state index in [-0.39, 0.29) is 23.3 Å². The van der Waals surface area contributed by atoms with E-state index in [1.807, 2.05) is 24.3 Å². The van der Waals surface area contributed by atoms with Crippen LogP contribution in [-0.2, 0) is 14.3 Å². The normalized spacial score (nSPS) is 21.6. The van der Waals surface area contributed by atoms with E-state index < -0.39 is 23.1 Å². The Morgan fingerprint density at radius 3 is 2.42 bits per heavy atom. The first-order chi connectivity index (χ1) is 15.9. The third kappa shape index (κ3) is 3.75. The van der Waals surface area contributed by atoms with Crippen LogP contribution in [0.2, 0.25) is 0 Å². The molecule has 2 amide bonds. The molecule has 1 saturated heterocycles. The summed E-state index contributed by atoms with van der Waals surface area (Å²) in [4.78, 5) is 55.7. The van der Waals surface area contributed by atoms with Crippen molar-refractivity contribution >= 4 is 62.5 Å². The molecule has 3 aromatic rings. The number of hydrogen-bond donors (Lipinski definition) is 1. The van der Waals surface area contributed by atoms with E-state index in [9.17, 15) is 19.2 Å². The lowest BCUT2D eigenvalue weighted by molar-refractivity contribution is -0.122. The van der Waals surface area contributed by atoms with Crippen LogP contribution in [0.3, 0.4) is 0 Å². The number of carbonyl (C=O) groups excluding carboxylic acids is 3. The van der Waals surface area contributed by atoms with Crippen molar-refractivity contribution in [3.8, 4) is 0 Å². The SMILES string of the molecule is CCOC(=O)c1ccc(N2C(=O)C3Sc4[nH]c(=O)sc4C(c4ccc(Br)cc4)C3C2=O)cc1. The molecule has 33 heavy (non-hydrogen) atoms. The molecule has 5 rings (SSSR count). The number of H-pyrrole nitrogens is 1. The topological polar surface area (TPSA) is 96.5 Å². The highest BCUT2D eigenvalue weighted by atomic mass is 79.9. The molecule has 0 saturated carbocycles. The molecule has 0 radical (unpaired) electrons. The molecule has 1 fully saturated rings. The highest BCUT2D eigenvalue weighted by Gasteiger charge is 2.56. The highest BCUT2D eigenvalue weighted by molar-refractivity contribution is 9.10. The maximum absolute atomic E-state index is 13.6. The molecule has 1 N–H and O–H groups in total. The summed E-state index contributed by atoms with van der Waals surface area (Å²) < 4.78 is 5.90. The number of anilines is 1. The molecule has 3 atom stereocenters. The maximum Gasteiger partial charge on any atom is 0.338 e. The van der Waals surface area contributed by atoms with Gasteiger partial charge in [0.1, 0.15) is 5.25 Å². The van der Waals surface area contributed by atoms with Crippen molar-refractivity contribution in [1.82, 2.24) is 4.98 Å². The summed E-state index contributed by atoms with van der Waals surface area (Å²) in [5, 5.41) is -0.0199. The van der Waals surface area contributed by atoms with Crippen LogP contribution < -0.4 is 9.77 Å².